The highest BCUT2D eigenvalue weighted by atomic mass is 16.5. The molecule has 0 fully saturated rings. The van der Waals surface area contributed by atoms with Gasteiger partial charge in [0.25, 0.3) is 0 Å². The topological polar surface area (TPSA) is 63.6 Å². The first kappa shape index (κ1) is 13.2. The molecule has 92 valence electrons. The Morgan fingerprint density at radius 2 is 1.71 bits per heavy atom. The minimum Gasteiger partial charge on any atom is -0.497 e. The minimum atomic E-state index is -0.956. The Morgan fingerprint density at radius 1 is 1.18 bits per heavy atom. The summed E-state index contributed by atoms with van der Waals surface area (Å²) in [5.74, 6) is -0.387. The van der Waals surface area contributed by atoms with Gasteiger partial charge in [0.05, 0.1) is 13.5 Å². The smallest absolute Gasteiger partial charge is 0.303 e. The van der Waals surface area contributed by atoms with Crippen LogP contribution in [0.4, 0.5) is 0 Å². The third-order valence-electron chi connectivity index (χ3n) is 2.59. The Labute approximate surface area is 100 Å². The number of Topliss-reactive ketones (excluding diaryl/α,β-unsaturated/α-hetero) is 1. The number of methoxy groups -OCH3 is 1. The number of carboxylic acids is 1. The normalized spacial score (nSPS) is 10.1. The fourth-order valence-corrected chi connectivity index (χ4v) is 1.83. The van der Waals surface area contributed by atoms with Crippen LogP contribution < -0.4 is 4.74 Å². The summed E-state index contributed by atoms with van der Waals surface area (Å²) in [4.78, 5) is 22.3. The number of rotatable bonds is 5. The molecule has 1 rings (SSSR count). The lowest BCUT2D eigenvalue weighted by molar-refractivity contribution is -0.136. The average molecular weight is 236 g/mol. The molecule has 4 heteroatoms. The van der Waals surface area contributed by atoms with Gasteiger partial charge in [0.2, 0.25) is 0 Å². The molecule has 0 bridgehead atoms. The molecule has 0 amide bonds. The lowest BCUT2D eigenvalue weighted by atomic mass is 9.96. The van der Waals surface area contributed by atoms with Crippen LogP contribution in [0.5, 0.6) is 5.75 Å². The first-order valence-corrected chi connectivity index (χ1v) is 5.36. The van der Waals surface area contributed by atoms with Crippen LogP contribution in [0.25, 0.3) is 0 Å². The van der Waals surface area contributed by atoms with Crippen LogP contribution >= 0.6 is 0 Å². The average Bonchev–Trinajstić information content (AvgIpc) is 2.25. The Kier molecular flexibility index (Phi) is 4.26. The summed E-state index contributed by atoms with van der Waals surface area (Å²) in [5, 5.41) is 8.56. The van der Waals surface area contributed by atoms with Crippen molar-refractivity contribution in [2.75, 3.05) is 7.11 Å². The second-order valence-corrected chi connectivity index (χ2v) is 3.95. The molecule has 1 aromatic carbocycles. The quantitative estimate of drug-likeness (QED) is 0.797. The number of carbonyl (C=O) groups excluding carboxylic acids is 1. The summed E-state index contributed by atoms with van der Waals surface area (Å²) in [6.07, 6.45) is -0.104. The number of ether oxygens (including phenoxy) is 1. The fraction of sp³-hybridized carbons (Fsp3) is 0.385. The molecule has 0 radical (unpaired) electrons. The van der Waals surface area contributed by atoms with Gasteiger partial charge in [-0.2, -0.15) is 0 Å². The van der Waals surface area contributed by atoms with Gasteiger partial charge >= 0.3 is 5.97 Å². The van der Waals surface area contributed by atoms with Crippen LogP contribution in [0, 0.1) is 13.8 Å². The van der Waals surface area contributed by atoms with E-state index in [9.17, 15) is 9.59 Å². The summed E-state index contributed by atoms with van der Waals surface area (Å²) < 4.78 is 5.10. The number of aliphatic carboxylic acids is 1. The van der Waals surface area contributed by atoms with Crippen molar-refractivity contribution in [3.05, 3.63) is 28.8 Å². The molecule has 0 aliphatic heterocycles. The van der Waals surface area contributed by atoms with E-state index >= 15 is 0 Å². The first-order valence-electron chi connectivity index (χ1n) is 5.36. The van der Waals surface area contributed by atoms with Crippen LogP contribution in [-0.2, 0) is 4.79 Å². The summed E-state index contributed by atoms with van der Waals surface area (Å²) in [6, 6.07) is 3.56. The van der Waals surface area contributed by atoms with Crippen LogP contribution in [0.15, 0.2) is 12.1 Å². The van der Waals surface area contributed by atoms with E-state index in [1.165, 1.54) is 0 Å². The number of benzene rings is 1. The van der Waals surface area contributed by atoms with E-state index in [2.05, 4.69) is 0 Å². The second-order valence-electron chi connectivity index (χ2n) is 3.95. The zero-order valence-electron chi connectivity index (χ0n) is 10.2. The standard InChI is InChI=1S/C13H16O4/c1-8-6-10(17-3)7-9(2)13(8)11(14)4-5-12(15)16/h6-7H,4-5H2,1-3H3,(H,15,16). The van der Waals surface area contributed by atoms with E-state index < -0.39 is 5.97 Å². The maximum absolute atomic E-state index is 11.9. The van der Waals surface area contributed by atoms with Crippen molar-refractivity contribution in [1.82, 2.24) is 0 Å². The molecule has 0 atom stereocenters. The maximum atomic E-state index is 11.9. The highest BCUT2D eigenvalue weighted by molar-refractivity contribution is 6.00. The molecule has 0 saturated heterocycles. The zero-order chi connectivity index (χ0) is 13.0. The van der Waals surface area contributed by atoms with Gasteiger partial charge in [0.1, 0.15) is 5.75 Å². The zero-order valence-corrected chi connectivity index (χ0v) is 10.2. The van der Waals surface area contributed by atoms with Gasteiger partial charge in [-0.15, -0.1) is 0 Å². The minimum absolute atomic E-state index is 0.0311. The third-order valence-corrected chi connectivity index (χ3v) is 2.59. The Morgan fingerprint density at radius 3 is 2.12 bits per heavy atom. The van der Waals surface area contributed by atoms with E-state index in [1.54, 1.807) is 19.2 Å². The molecule has 0 spiro atoms. The molecule has 1 N–H and O–H groups in total. The number of carbonyl (C=O) groups is 2. The molecule has 0 saturated carbocycles. The lowest BCUT2D eigenvalue weighted by Crippen LogP contribution is -2.07. The van der Waals surface area contributed by atoms with E-state index in [0.29, 0.717) is 11.3 Å². The Balaban J connectivity index is 2.97. The summed E-state index contributed by atoms with van der Waals surface area (Å²) in [5.41, 5.74) is 2.24. The van der Waals surface area contributed by atoms with E-state index in [4.69, 9.17) is 9.84 Å². The molecule has 0 aliphatic rings. The van der Waals surface area contributed by atoms with Crippen LogP contribution in [0.2, 0.25) is 0 Å². The number of aryl methyl sites for hydroxylation is 2. The summed E-state index contributed by atoms with van der Waals surface area (Å²) >= 11 is 0. The summed E-state index contributed by atoms with van der Waals surface area (Å²) in [6.45, 7) is 3.65. The number of carboxylic acid groups (broad SMARTS) is 1. The predicted molar refractivity (Wildman–Crippen MR) is 63.7 cm³/mol. The fourth-order valence-electron chi connectivity index (χ4n) is 1.83. The highest BCUT2D eigenvalue weighted by Gasteiger charge is 2.14. The number of hydrogen-bond donors (Lipinski definition) is 1. The van der Waals surface area contributed by atoms with Gasteiger partial charge in [0.15, 0.2) is 5.78 Å². The third kappa shape index (κ3) is 3.31. The highest BCUT2D eigenvalue weighted by Crippen LogP contribution is 2.23. The maximum Gasteiger partial charge on any atom is 0.303 e. The molecule has 4 nitrogen and oxygen atoms in total. The van der Waals surface area contributed by atoms with Gasteiger partial charge in [-0.25, -0.2) is 0 Å². The molecular weight excluding hydrogens is 220 g/mol. The molecule has 17 heavy (non-hydrogen) atoms. The van der Waals surface area contributed by atoms with Crippen molar-refractivity contribution >= 4 is 11.8 Å². The summed E-state index contributed by atoms with van der Waals surface area (Å²) in [7, 11) is 1.57. The van der Waals surface area contributed by atoms with Crippen molar-refractivity contribution in [2.45, 2.75) is 26.7 Å². The molecule has 0 aliphatic carbocycles. The lowest BCUT2D eigenvalue weighted by Gasteiger charge is -2.10. The number of ketones is 1. The van der Waals surface area contributed by atoms with Crippen LogP contribution in [-0.4, -0.2) is 24.0 Å². The van der Waals surface area contributed by atoms with Gasteiger partial charge < -0.3 is 9.84 Å². The van der Waals surface area contributed by atoms with Gasteiger partial charge in [-0.1, -0.05) is 0 Å². The molecule has 0 heterocycles. The Hall–Kier alpha value is -1.84. The molecule has 0 unspecified atom stereocenters. The Bertz CT molecular complexity index is 426. The largest absolute Gasteiger partial charge is 0.497 e. The van der Waals surface area contributed by atoms with Crippen molar-refractivity contribution in [1.29, 1.82) is 0 Å². The van der Waals surface area contributed by atoms with Gasteiger partial charge in [0, 0.05) is 12.0 Å². The molecule has 0 aromatic heterocycles. The monoisotopic (exact) mass is 236 g/mol. The predicted octanol–water partition coefficient (Wildman–Crippen LogP) is 2.36. The van der Waals surface area contributed by atoms with Gasteiger partial charge in [-0.3, -0.25) is 9.59 Å². The van der Waals surface area contributed by atoms with Crippen molar-refractivity contribution < 1.29 is 19.4 Å². The first-order chi connectivity index (χ1) is 7.95. The van der Waals surface area contributed by atoms with Crippen molar-refractivity contribution in [3.8, 4) is 5.75 Å². The SMILES string of the molecule is COc1cc(C)c(C(=O)CCC(=O)O)c(C)c1. The van der Waals surface area contributed by atoms with Crippen molar-refractivity contribution in [2.24, 2.45) is 0 Å². The van der Waals surface area contributed by atoms with Gasteiger partial charge in [-0.05, 0) is 37.1 Å². The van der Waals surface area contributed by atoms with Crippen LogP contribution in [0.3, 0.4) is 0 Å². The van der Waals surface area contributed by atoms with E-state index in [0.717, 1.165) is 11.1 Å². The van der Waals surface area contributed by atoms with Crippen molar-refractivity contribution in [3.63, 3.8) is 0 Å². The molecule has 1 aromatic rings. The second kappa shape index (κ2) is 5.48. The number of hydrogen-bond acceptors (Lipinski definition) is 3. The van der Waals surface area contributed by atoms with E-state index in [1.807, 2.05) is 13.8 Å². The van der Waals surface area contributed by atoms with Crippen LogP contribution in [0.1, 0.15) is 34.3 Å². The van der Waals surface area contributed by atoms with E-state index in [-0.39, 0.29) is 18.6 Å². The molecular formula is C13H16O4.